The number of hydrogen-bond donors (Lipinski definition) is 0. The van der Waals surface area contributed by atoms with E-state index < -0.39 is 0 Å². The molecule has 0 unspecified atom stereocenters. The standard InChI is InChI=1S/C21H17N3/c1-24-15-18-12-13-19(14-20(18)23-24)22-21(16-8-4-2-5-9-16)17-10-6-3-7-11-17/h2-15H,1H3. The number of nitrogens with zero attached hydrogens (tertiary/aromatic N) is 3. The van der Waals surface area contributed by atoms with Gasteiger partial charge in [-0.05, 0) is 18.2 Å². The van der Waals surface area contributed by atoms with Crippen LogP contribution in [0.15, 0.2) is 90.1 Å². The van der Waals surface area contributed by atoms with Gasteiger partial charge < -0.3 is 0 Å². The van der Waals surface area contributed by atoms with Crippen LogP contribution in [0.25, 0.3) is 10.9 Å². The highest BCUT2D eigenvalue weighted by Gasteiger charge is 2.07. The molecule has 0 aliphatic rings. The number of fused-ring (bicyclic) bond motifs is 1. The second kappa shape index (κ2) is 6.13. The van der Waals surface area contributed by atoms with E-state index in [2.05, 4.69) is 35.4 Å². The molecule has 0 fully saturated rings. The molecule has 0 bridgehead atoms. The summed E-state index contributed by atoms with van der Waals surface area (Å²) in [6, 6.07) is 26.7. The minimum atomic E-state index is 0.906. The van der Waals surface area contributed by atoms with Crippen LogP contribution in [0, 0.1) is 0 Å². The van der Waals surface area contributed by atoms with Gasteiger partial charge in [-0.2, -0.15) is 5.10 Å². The predicted octanol–water partition coefficient (Wildman–Crippen LogP) is 4.74. The highest BCUT2D eigenvalue weighted by atomic mass is 15.2. The Bertz CT molecular complexity index is 958. The average Bonchev–Trinajstić information content (AvgIpc) is 3.00. The Hall–Kier alpha value is -3.20. The van der Waals surface area contributed by atoms with Gasteiger partial charge in [0.2, 0.25) is 0 Å². The summed E-state index contributed by atoms with van der Waals surface area (Å²) in [6.07, 6.45) is 2.01. The maximum absolute atomic E-state index is 4.93. The third-order valence-corrected chi connectivity index (χ3v) is 3.94. The number of aromatic nitrogens is 2. The topological polar surface area (TPSA) is 30.2 Å². The smallest absolute Gasteiger partial charge is 0.0944 e. The van der Waals surface area contributed by atoms with Crippen LogP contribution < -0.4 is 0 Å². The molecule has 0 aliphatic carbocycles. The molecule has 0 saturated heterocycles. The van der Waals surface area contributed by atoms with Gasteiger partial charge in [-0.15, -0.1) is 0 Å². The summed E-state index contributed by atoms with van der Waals surface area (Å²) in [5, 5.41) is 5.60. The molecule has 24 heavy (non-hydrogen) atoms. The van der Waals surface area contributed by atoms with Crippen molar-refractivity contribution in [2.75, 3.05) is 0 Å². The zero-order valence-corrected chi connectivity index (χ0v) is 13.4. The molecule has 1 aromatic heterocycles. The lowest BCUT2D eigenvalue weighted by Crippen LogP contribution is -2.02. The Morgan fingerprint density at radius 1 is 0.833 bits per heavy atom. The molecular weight excluding hydrogens is 294 g/mol. The lowest BCUT2D eigenvalue weighted by molar-refractivity contribution is 0.780. The summed E-state index contributed by atoms with van der Waals surface area (Å²) in [4.78, 5) is 4.93. The lowest BCUT2D eigenvalue weighted by atomic mass is 10.0. The molecule has 116 valence electrons. The van der Waals surface area contributed by atoms with Crippen LogP contribution in [0.5, 0.6) is 0 Å². The molecule has 0 aliphatic heterocycles. The second-order valence-corrected chi connectivity index (χ2v) is 5.74. The van der Waals surface area contributed by atoms with Crippen LogP contribution in [0.3, 0.4) is 0 Å². The van der Waals surface area contributed by atoms with Crippen LogP contribution in [-0.2, 0) is 7.05 Å². The third kappa shape index (κ3) is 2.84. The normalized spacial score (nSPS) is 10.7. The molecule has 4 rings (SSSR count). The van der Waals surface area contributed by atoms with Crippen molar-refractivity contribution in [3.05, 3.63) is 96.2 Å². The van der Waals surface area contributed by atoms with E-state index in [-0.39, 0.29) is 0 Å². The van der Waals surface area contributed by atoms with E-state index in [0.717, 1.165) is 33.4 Å². The molecule has 0 radical (unpaired) electrons. The van der Waals surface area contributed by atoms with Crippen LogP contribution in [0.2, 0.25) is 0 Å². The Morgan fingerprint density at radius 2 is 1.46 bits per heavy atom. The molecular formula is C21H17N3. The number of aryl methyl sites for hydroxylation is 1. The van der Waals surface area contributed by atoms with Gasteiger partial charge in [0.25, 0.3) is 0 Å². The molecule has 3 aromatic carbocycles. The molecule has 0 spiro atoms. The van der Waals surface area contributed by atoms with Gasteiger partial charge in [-0.25, -0.2) is 4.99 Å². The minimum absolute atomic E-state index is 0.906. The van der Waals surface area contributed by atoms with Crippen LogP contribution in [-0.4, -0.2) is 15.5 Å². The van der Waals surface area contributed by atoms with E-state index in [1.54, 1.807) is 0 Å². The second-order valence-electron chi connectivity index (χ2n) is 5.74. The summed E-state index contributed by atoms with van der Waals surface area (Å²) in [6.45, 7) is 0. The minimum Gasteiger partial charge on any atom is -0.275 e. The number of hydrogen-bond acceptors (Lipinski definition) is 2. The van der Waals surface area contributed by atoms with E-state index in [1.165, 1.54) is 0 Å². The van der Waals surface area contributed by atoms with Crippen molar-refractivity contribution in [1.82, 2.24) is 9.78 Å². The summed E-state index contributed by atoms with van der Waals surface area (Å²) >= 11 is 0. The van der Waals surface area contributed by atoms with Crippen molar-refractivity contribution >= 4 is 22.3 Å². The van der Waals surface area contributed by atoms with Crippen LogP contribution >= 0.6 is 0 Å². The van der Waals surface area contributed by atoms with E-state index in [9.17, 15) is 0 Å². The van der Waals surface area contributed by atoms with E-state index >= 15 is 0 Å². The predicted molar refractivity (Wildman–Crippen MR) is 98.9 cm³/mol. The van der Waals surface area contributed by atoms with Crippen LogP contribution in [0.4, 0.5) is 5.69 Å². The SMILES string of the molecule is Cn1cc2ccc(N=C(c3ccccc3)c3ccccc3)cc2n1. The molecule has 3 nitrogen and oxygen atoms in total. The van der Waals surface area contributed by atoms with Gasteiger partial charge in [0, 0.05) is 29.8 Å². The first kappa shape index (κ1) is 14.4. The zero-order chi connectivity index (χ0) is 16.4. The van der Waals surface area contributed by atoms with Crippen molar-refractivity contribution in [2.24, 2.45) is 12.0 Å². The molecule has 0 saturated carbocycles. The molecule has 0 atom stereocenters. The number of benzene rings is 3. The van der Waals surface area contributed by atoms with Crippen LogP contribution in [0.1, 0.15) is 11.1 Å². The zero-order valence-electron chi connectivity index (χ0n) is 13.4. The highest BCUT2D eigenvalue weighted by Crippen LogP contribution is 2.22. The first-order valence-electron chi connectivity index (χ1n) is 7.92. The Labute approximate surface area is 140 Å². The Kier molecular flexibility index (Phi) is 3.67. The van der Waals surface area contributed by atoms with Gasteiger partial charge in [0.1, 0.15) is 0 Å². The summed E-state index contributed by atoms with van der Waals surface area (Å²) in [7, 11) is 1.93. The van der Waals surface area contributed by atoms with E-state index in [4.69, 9.17) is 4.99 Å². The van der Waals surface area contributed by atoms with Gasteiger partial charge in [0.05, 0.1) is 16.9 Å². The maximum Gasteiger partial charge on any atom is 0.0944 e. The van der Waals surface area contributed by atoms with Crippen molar-refractivity contribution in [3.63, 3.8) is 0 Å². The van der Waals surface area contributed by atoms with Crippen molar-refractivity contribution in [2.45, 2.75) is 0 Å². The van der Waals surface area contributed by atoms with Gasteiger partial charge in [-0.1, -0.05) is 60.7 Å². The fourth-order valence-electron chi connectivity index (χ4n) is 2.81. The number of aliphatic imine (C=N–C) groups is 1. The quantitative estimate of drug-likeness (QED) is 0.502. The van der Waals surface area contributed by atoms with Gasteiger partial charge >= 0.3 is 0 Å². The summed E-state index contributed by atoms with van der Waals surface area (Å²) < 4.78 is 1.83. The Morgan fingerprint density at radius 3 is 2.08 bits per heavy atom. The summed E-state index contributed by atoms with van der Waals surface area (Å²) in [5.74, 6) is 0. The molecule has 3 heteroatoms. The molecule has 4 aromatic rings. The monoisotopic (exact) mass is 311 g/mol. The first-order chi connectivity index (χ1) is 11.8. The third-order valence-electron chi connectivity index (χ3n) is 3.94. The molecule has 0 N–H and O–H groups in total. The molecule has 1 heterocycles. The fraction of sp³-hybridized carbons (Fsp3) is 0.0476. The van der Waals surface area contributed by atoms with Gasteiger partial charge in [-0.3, -0.25) is 4.68 Å². The van der Waals surface area contributed by atoms with E-state index in [0.29, 0.717) is 0 Å². The summed E-state index contributed by atoms with van der Waals surface area (Å²) in [5.41, 5.74) is 5.03. The van der Waals surface area contributed by atoms with Gasteiger partial charge in [0.15, 0.2) is 0 Å². The average molecular weight is 311 g/mol. The molecule has 0 amide bonds. The van der Waals surface area contributed by atoms with Crippen molar-refractivity contribution in [1.29, 1.82) is 0 Å². The maximum atomic E-state index is 4.93. The largest absolute Gasteiger partial charge is 0.275 e. The highest BCUT2D eigenvalue weighted by molar-refractivity contribution is 6.14. The first-order valence-corrected chi connectivity index (χ1v) is 7.92. The Balaban J connectivity index is 1.86. The lowest BCUT2D eigenvalue weighted by Gasteiger charge is -2.07. The fourth-order valence-corrected chi connectivity index (χ4v) is 2.81. The van der Waals surface area contributed by atoms with Crippen molar-refractivity contribution < 1.29 is 0 Å². The van der Waals surface area contributed by atoms with Crippen molar-refractivity contribution in [3.8, 4) is 0 Å². The number of rotatable bonds is 3. The van der Waals surface area contributed by atoms with E-state index in [1.807, 2.05) is 66.5 Å².